The normalized spacial score (nSPS) is 11.1. The van der Waals surface area contributed by atoms with Crippen LogP contribution < -0.4 is 9.64 Å². The minimum atomic E-state index is -0.0946. The number of rotatable bonds is 7. The molecule has 158 valence electrons. The summed E-state index contributed by atoms with van der Waals surface area (Å²) in [6.07, 6.45) is 1.74. The first-order valence-electron chi connectivity index (χ1n) is 9.96. The maximum atomic E-state index is 13.6. The van der Waals surface area contributed by atoms with Crippen LogP contribution in [0.15, 0.2) is 71.8 Å². The maximum absolute atomic E-state index is 13.6. The van der Waals surface area contributed by atoms with E-state index in [1.54, 1.807) is 30.0 Å². The first-order valence-corrected chi connectivity index (χ1v) is 11.7. The van der Waals surface area contributed by atoms with E-state index in [1.807, 2.05) is 60.7 Å². The second-order valence-corrected chi connectivity index (χ2v) is 9.90. The SMILES string of the molecule is COc1ccc2nc(N(Cc3ccccn3)C(=O)c3cccc(SC(C)C)c3)sc2c1. The third-order valence-electron chi connectivity index (χ3n) is 4.56. The lowest BCUT2D eigenvalue weighted by atomic mass is 10.2. The van der Waals surface area contributed by atoms with E-state index in [-0.39, 0.29) is 5.91 Å². The van der Waals surface area contributed by atoms with Crippen molar-refractivity contribution < 1.29 is 9.53 Å². The topological polar surface area (TPSA) is 55.3 Å². The van der Waals surface area contributed by atoms with E-state index in [0.29, 0.717) is 22.5 Å². The first kappa shape index (κ1) is 21.3. The lowest BCUT2D eigenvalue weighted by Crippen LogP contribution is -2.30. The van der Waals surface area contributed by atoms with E-state index in [4.69, 9.17) is 9.72 Å². The van der Waals surface area contributed by atoms with Crippen molar-refractivity contribution in [3.05, 3.63) is 78.1 Å². The Labute approximate surface area is 190 Å². The van der Waals surface area contributed by atoms with Gasteiger partial charge in [-0.25, -0.2) is 4.98 Å². The number of aromatic nitrogens is 2. The molecule has 7 heteroatoms. The first-order chi connectivity index (χ1) is 15.0. The van der Waals surface area contributed by atoms with Crippen molar-refractivity contribution in [2.45, 2.75) is 30.5 Å². The number of fused-ring (bicyclic) bond motifs is 1. The van der Waals surface area contributed by atoms with Gasteiger partial charge in [-0.15, -0.1) is 11.8 Å². The molecular formula is C24H23N3O2S2. The lowest BCUT2D eigenvalue weighted by Gasteiger charge is -2.20. The van der Waals surface area contributed by atoms with Crippen molar-refractivity contribution in [3.63, 3.8) is 0 Å². The van der Waals surface area contributed by atoms with Crippen LogP contribution in [0.1, 0.15) is 29.9 Å². The van der Waals surface area contributed by atoms with E-state index in [0.717, 1.165) is 26.6 Å². The predicted octanol–water partition coefficient (Wildman–Crippen LogP) is 6.05. The molecule has 1 amide bonds. The zero-order valence-electron chi connectivity index (χ0n) is 17.6. The summed E-state index contributed by atoms with van der Waals surface area (Å²) in [6, 6.07) is 19.2. The Hall–Kier alpha value is -2.90. The van der Waals surface area contributed by atoms with Crippen LogP contribution in [0.3, 0.4) is 0 Å². The molecular weight excluding hydrogens is 426 g/mol. The highest BCUT2D eigenvalue weighted by Gasteiger charge is 2.23. The molecule has 0 atom stereocenters. The van der Waals surface area contributed by atoms with Gasteiger partial charge in [0, 0.05) is 21.9 Å². The summed E-state index contributed by atoms with van der Waals surface area (Å²) in [5.74, 6) is 0.673. The number of thioether (sulfide) groups is 1. The summed E-state index contributed by atoms with van der Waals surface area (Å²) < 4.78 is 6.30. The molecule has 2 aromatic heterocycles. The van der Waals surface area contributed by atoms with Gasteiger partial charge in [0.1, 0.15) is 5.75 Å². The monoisotopic (exact) mass is 449 g/mol. The summed E-state index contributed by atoms with van der Waals surface area (Å²) in [7, 11) is 1.64. The number of hydrogen-bond acceptors (Lipinski definition) is 6. The Morgan fingerprint density at radius 3 is 2.74 bits per heavy atom. The third-order valence-corrected chi connectivity index (χ3v) is 6.60. The molecule has 0 aliphatic rings. The summed E-state index contributed by atoms with van der Waals surface area (Å²) >= 11 is 3.21. The van der Waals surface area contributed by atoms with Crippen LogP contribution in [0.5, 0.6) is 5.75 Å². The molecule has 0 bridgehead atoms. The highest BCUT2D eigenvalue weighted by Crippen LogP contribution is 2.33. The van der Waals surface area contributed by atoms with Gasteiger partial charge in [-0.05, 0) is 48.5 Å². The Morgan fingerprint density at radius 1 is 1.13 bits per heavy atom. The van der Waals surface area contributed by atoms with Crippen LogP contribution in [0, 0.1) is 0 Å². The molecule has 5 nitrogen and oxygen atoms in total. The van der Waals surface area contributed by atoms with Crippen LogP contribution >= 0.6 is 23.1 Å². The van der Waals surface area contributed by atoms with Gasteiger partial charge in [-0.3, -0.25) is 14.7 Å². The fourth-order valence-electron chi connectivity index (χ4n) is 3.15. The molecule has 0 fully saturated rings. The Morgan fingerprint density at radius 2 is 2.00 bits per heavy atom. The van der Waals surface area contributed by atoms with Crippen molar-refractivity contribution >= 4 is 44.4 Å². The Balaban J connectivity index is 1.73. The molecule has 2 aromatic carbocycles. The summed E-state index contributed by atoms with van der Waals surface area (Å²) in [6.45, 7) is 4.63. The summed E-state index contributed by atoms with van der Waals surface area (Å²) in [5.41, 5.74) is 2.28. The number of hydrogen-bond donors (Lipinski definition) is 0. The quantitative estimate of drug-likeness (QED) is 0.322. The number of nitrogens with zero attached hydrogens (tertiary/aromatic N) is 3. The number of carbonyl (C=O) groups is 1. The molecule has 2 heterocycles. The van der Waals surface area contributed by atoms with Crippen LogP contribution in [0.2, 0.25) is 0 Å². The van der Waals surface area contributed by atoms with E-state index in [1.165, 1.54) is 11.3 Å². The number of ether oxygens (including phenoxy) is 1. The van der Waals surface area contributed by atoms with Gasteiger partial charge in [-0.1, -0.05) is 37.3 Å². The minimum Gasteiger partial charge on any atom is -0.497 e. The molecule has 0 aliphatic carbocycles. The second kappa shape index (κ2) is 9.49. The number of thiazole rings is 1. The number of anilines is 1. The number of carbonyl (C=O) groups excluding carboxylic acids is 1. The zero-order chi connectivity index (χ0) is 21.8. The number of methoxy groups -OCH3 is 1. The minimum absolute atomic E-state index is 0.0946. The fraction of sp³-hybridized carbons (Fsp3) is 0.208. The van der Waals surface area contributed by atoms with Crippen molar-refractivity contribution in [1.82, 2.24) is 9.97 Å². The van der Waals surface area contributed by atoms with Gasteiger partial charge in [0.25, 0.3) is 5.91 Å². The predicted molar refractivity (Wildman–Crippen MR) is 128 cm³/mol. The standard InChI is InChI=1S/C24H23N3O2S2/c1-16(2)30-20-9-6-7-17(13-20)23(28)27(15-18-8-4-5-12-25-18)24-26-21-11-10-19(29-3)14-22(21)31-24/h4-14,16H,15H2,1-3H3. The van der Waals surface area contributed by atoms with E-state index in [9.17, 15) is 4.79 Å². The van der Waals surface area contributed by atoms with Gasteiger partial charge in [0.15, 0.2) is 5.13 Å². The number of pyridine rings is 1. The molecule has 0 unspecified atom stereocenters. The molecule has 31 heavy (non-hydrogen) atoms. The van der Waals surface area contributed by atoms with Crippen LogP contribution in [-0.4, -0.2) is 28.2 Å². The Bertz CT molecular complexity index is 1190. The molecule has 0 N–H and O–H groups in total. The van der Waals surface area contributed by atoms with Gasteiger partial charge in [0.2, 0.25) is 0 Å². The van der Waals surface area contributed by atoms with Crippen molar-refractivity contribution in [1.29, 1.82) is 0 Å². The number of benzene rings is 2. The summed E-state index contributed by atoms with van der Waals surface area (Å²) in [5, 5.41) is 1.08. The van der Waals surface area contributed by atoms with Gasteiger partial charge < -0.3 is 4.74 Å². The van der Waals surface area contributed by atoms with Crippen molar-refractivity contribution in [2.24, 2.45) is 0 Å². The average molecular weight is 450 g/mol. The largest absolute Gasteiger partial charge is 0.497 e. The lowest BCUT2D eigenvalue weighted by molar-refractivity contribution is 0.0984. The van der Waals surface area contributed by atoms with Crippen molar-refractivity contribution in [3.8, 4) is 5.75 Å². The molecule has 0 saturated heterocycles. The van der Waals surface area contributed by atoms with Gasteiger partial charge in [-0.2, -0.15) is 0 Å². The molecule has 4 aromatic rings. The smallest absolute Gasteiger partial charge is 0.260 e. The summed E-state index contributed by atoms with van der Waals surface area (Å²) in [4.78, 5) is 25.6. The molecule has 4 rings (SSSR count). The van der Waals surface area contributed by atoms with Gasteiger partial charge >= 0.3 is 0 Å². The third kappa shape index (κ3) is 5.06. The highest BCUT2D eigenvalue weighted by atomic mass is 32.2. The van der Waals surface area contributed by atoms with E-state index in [2.05, 4.69) is 18.8 Å². The molecule has 0 aliphatic heterocycles. The van der Waals surface area contributed by atoms with E-state index >= 15 is 0 Å². The van der Waals surface area contributed by atoms with E-state index < -0.39 is 0 Å². The number of amides is 1. The maximum Gasteiger partial charge on any atom is 0.260 e. The van der Waals surface area contributed by atoms with Crippen LogP contribution in [-0.2, 0) is 6.54 Å². The van der Waals surface area contributed by atoms with Crippen LogP contribution in [0.25, 0.3) is 10.2 Å². The second-order valence-electron chi connectivity index (χ2n) is 7.24. The van der Waals surface area contributed by atoms with Gasteiger partial charge in [0.05, 0.1) is 29.6 Å². The highest BCUT2D eigenvalue weighted by molar-refractivity contribution is 7.99. The van der Waals surface area contributed by atoms with Crippen LogP contribution in [0.4, 0.5) is 5.13 Å². The Kier molecular flexibility index (Phi) is 6.53. The van der Waals surface area contributed by atoms with Crippen molar-refractivity contribution in [2.75, 3.05) is 12.0 Å². The zero-order valence-corrected chi connectivity index (χ0v) is 19.2. The molecule has 0 radical (unpaired) electrons. The molecule has 0 saturated carbocycles. The molecule has 0 spiro atoms. The average Bonchev–Trinajstić information content (AvgIpc) is 3.20. The fourth-order valence-corrected chi connectivity index (χ4v) is 5.03.